The monoisotopic (exact) mass is 281 g/mol. The zero-order valence-corrected chi connectivity index (χ0v) is 11.7. The van der Waals surface area contributed by atoms with Crippen molar-refractivity contribution < 1.29 is 5.11 Å². The second-order valence-electron chi connectivity index (χ2n) is 3.71. The maximum Gasteiger partial charge on any atom is 0.151 e. The van der Waals surface area contributed by atoms with Gasteiger partial charge in [-0.05, 0) is 40.8 Å². The van der Waals surface area contributed by atoms with E-state index in [9.17, 15) is 0 Å². The summed E-state index contributed by atoms with van der Waals surface area (Å²) in [6.45, 7) is 1.41. The maximum atomic E-state index is 9.14. The summed E-state index contributed by atoms with van der Waals surface area (Å²) < 4.78 is 0. The zero-order chi connectivity index (χ0) is 12.8. The molecule has 4 nitrogen and oxygen atoms in total. The second kappa shape index (κ2) is 6.72. The molecule has 0 aliphatic rings. The highest BCUT2D eigenvalue weighted by atomic mass is 32.2. The van der Waals surface area contributed by atoms with E-state index in [1.54, 1.807) is 23.1 Å². The van der Waals surface area contributed by atoms with E-state index < -0.39 is 0 Å². The quantitative estimate of drug-likeness (QED) is 0.823. The fourth-order valence-electron chi connectivity index (χ4n) is 1.59. The Morgan fingerprint density at radius 2 is 2.22 bits per heavy atom. The van der Waals surface area contributed by atoms with Crippen molar-refractivity contribution in [3.05, 3.63) is 34.5 Å². The predicted octanol–water partition coefficient (Wildman–Crippen LogP) is 2.26. The zero-order valence-electron chi connectivity index (χ0n) is 10.1. The highest BCUT2D eigenvalue weighted by molar-refractivity contribution is 7.98. The van der Waals surface area contributed by atoms with Crippen molar-refractivity contribution in [2.45, 2.75) is 11.6 Å². The lowest BCUT2D eigenvalue weighted by atomic mass is 10.3. The van der Waals surface area contributed by atoms with Gasteiger partial charge in [0.25, 0.3) is 0 Å². The number of aliphatic hydroxyl groups is 1. The molecular formula is C12H15N3OS2. The molecule has 1 N–H and O–H groups in total. The minimum absolute atomic E-state index is 0.107. The Balaban J connectivity index is 2.12. The maximum absolute atomic E-state index is 9.14. The van der Waals surface area contributed by atoms with Crippen LogP contribution in [0.5, 0.6) is 0 Å². The first-order chi connectivity index (χ1) is 8.83. The average molecular weight is 281 g/mol. The highest BCUT2D eigenvalue weighted by Gasteiger charge is 2.09. The Bertz CT molecular complexity index is 459. The number of thioether (sulfide) groups is 1. The van der Waals surface area contributed by atoms with Crippen LogP contribution in [0, 0.1) is 0 Å². The summed E-state index contributed by atoms with van der Waals surface area (Å²) >= 11 is 3.24. The van der Waals surface area contributed by atoms with E-state index in [-0.39, 0.29) is 6.61 Å². The molecule has 2 aromatic rings. The van der Waals surface area contributed by atoms with Crippen LogP contribution in [0.4, 0.5) is 5.82 Å². The average Bonchev–Trinajstić information content (AvgIpc) is 2.91. The van der Waals surface area contributed by atoms with Gasteiger partial charge in [0.2, 0.25) is 0 Å². The summed E-state index contributed by atoms with van der Waals surface area (Å²) in [4.78, 5) is 2.03. The Morgan fingerprint density at radius 1 is 1.33 bits per heavy atom. The number of hydrogen-bond acceptors (Lipinski definition) is 6. The fraction of sp³-hybridized carbons (Fsp3) is 0.333. The highest BCUT2D eigenvalue weighted by Crippen LogP contribution is 2.17. The van der Waals surface area contributed by atoms with Gasteiger partial charge in [0, 0.05) is 13.1 Å². The number of rotatable bonds is 6. The topological polar surface area (TPSA) is 49.2 Å². The minimum atomic E-state index is 0.107. The standard InChI is InChI=1S/C12H15N3OS2/c1-17-12-3-2-11(13-14-12)15(5-6-16)8-10-4-7-18-9-10/h2-4,7,9,16H,5-6,8H2,1H3. The number of anilines is 1. The molecule has 0 unspecified atom stereocenters. The summed E-state index contributed by atoms with van der Waals surface area (Å²) in [6, 6.07) is 5.98. The molecule has 0 spiro atoms. The van der Waals surface area contributed by atoms with E-state index in [0.717, 1.165) is 17.4 Å². The van der Waals surface area contributed by atoms with Crippen molar-refractivity contribution >= 4 is 28.9 Å². The van der Waals surface area contributed by atoms with Gasteiger partial charge < -0.3 is 10.0 Å². The Kier molecular flexibility index (Phi) is 4.98. The van der Waals surface area contributed by atoms with E-state index in [1.165, 1.54) is 5.56 Å². The van der Waals surface area contributed by atoms with Crippen LogP contribution in [0.25, 0.3) is 0 Å². The molecule has 0 amide bonds. The third-order valence-electron chi connectivity index (χ3n) is 2.48. The Labute approximate surface area is 115 Å². The van der Waals surface area contributed by atoms with Gasteiger partial charge in [0.15, 0.2) is 5.82 Å². The molecule has 18 heavy (non-hydrogen) atoms. The predicted molar refractivity (Wildman–Crippen MR) is 76.3 cm³/mol. The third kappa shape index (κ3) is 3.44. The summed E-state index contributed by atoms with van der Waals surface area (Å²) in [6.07, 6.45) is 1.97. The summed E-state index contributed by atoms with van der Waals surface area (Å²) in [5.74, 6) is 0.799. The van der Waals surface area contributed by atoms with Crippen LogP contribution in [0.15, 0.2) is 34.0 Å². The number of nitrogens with zero attached hydrogens (tertiary/aromatic N) is 3. The van der Waals surface area contributed by atoms with Gasteiger partial charge in [-0.15, -0.1) is 22.0 Å². The first kappa shape index (κ1) is 13.3. The van der Waals surface area contributed by atoms with Gasteiger partial charge in [-0.1, -0.05) is 0 Å². The van der Waals surface area contributed by atoms with Crippen LogP contribution in [0.3, 0.4) is 0 Å². The summed E-state index contributed by atoms with van der Waals surface area (Å²) in [7, 11) is 0. The van der Waals surface area contributed by atoms with E-state index in [1.807, 2.05) is 23.3 Å². The first-order valence-corrected chi connectivity index (χ1v) is 7.75. The molecule has 0 aromatic carbocycles. The van der Waals surface area contributed by atoms with Crippen molar-refractivity contribution in [3.63, 3.8) is 0 Å². The van der Waals surface area contributed by atoms with Crippen LogP contribution in [0.2, 0.25) is 0 Å². The smallest absolute Gasteiger partial charge is 0.151 e. The molecule has 0 fully saturated rings. The molecule has 0 saturated heterocycles. The van der Waals surface area contributed by atoms with Crippen LogP contribution in [-0.4, -0.2) is 34.7 Å². The molecule has 0 radical (unpaired) electrons. The SMILES string of the molecule is CSc1ccc(N(CCO)Cc2ccsc2)nn1. The van der Waals surface area contributed by atoms with Crippen molar-refractivity contribution in [2.75, 3.05) is 24.3 Å². The van der Waals surface area contributed by atoms with Crippen LogP contribution >= 0.6 is 23.1 Å². The largest absolute Gasteiger partial charge is 0.395 e. The van der Waals surface area contributed by atoms with Crippen LogP contribution in [0.1, 0.15) is 5.56 Å². The van der Waals surface area contributed by atoms with Gasteiger partial charge in [0.1, 0.15) is 5.03 Å². The molecular weight excluding hydrogens is 266 g/mol. The van der Waals surface area contributed by atoms with E-state index in [4.69, 9.17) is 5.11 Å². The molecule has 2 aromatic heterocycles. The first-order valence-electron chi connectivity index (χ1n) is 5.58. The normalized spacial score (nSPS) is 10.6. The van der Waals surface area contributed by atoms with Crippen molar-refractivity contribution in [3.8, 4) is 0 Å². The molecule has 0 aliphatic carbocycles. The summed E-state index contributed by atoms with van der Waals surface area (Å²) in [5.41, 5.74) is 1.23. The molecule has 6 heteroatoms. The van der Waals surface area contributed by atoms with Crippen molar-refractivity contribution in [1.82, 2.24) is 10.2 Å². The Morgan fingerprint density at radius 3 is 2.78 bits per heavy atom. The molecule has 2 rings (SSSR count). The van der Waals surface area contributed by atoms with Crippen LogP contribution in [-0.2, 0) is 6.54 Å². The number of aliphatic hydroxyl groups excluding tert-OH is 1. The fourth-order valence-corrected chi connectivity index (χ4v) is 2.58. The van der Waals surface area contributed by atoms with Gasteiger partial charge >= 0.3 is 0 Å². The van der Waals surface area contributed by atoms with Gasteiger partial charge in [0.05, 0.1) is 6.61 Å². The van der Waals surface area contributed by atoms with Gasteiger partial charge in [-0.3, -0.25) is 0 Å². The second-order valence-corrected chi connectivity index (χ2v) is 5.32. The van der Waals surface area contributed by atoms with E-state index in [2.05, 4.69) is 27.0 Å². The molecule has 0 bridgehead atoms. The molecule has 0 atom stereocenters. The van der Waals surface area contributed by atoms with Crippen molar-refractivity contribution in [2.24, 2.45) is 0 Å². The van der Waals surface area contributed by atoms with Gasteiger partial charge in [-0.25, -0.2) is 0 Å². The third-order valence-corrected chi connectivity index (χ3v) is 3.85. The lowest BCUT2D eigenvalue weighted by molar-refractivity contribution is 0.301. The molecule has 0 aliphatic heterocycles. The Hall–Kier alpha value is -1.11. The number of thiophene rings is 1. The molecule has 2 heterocycles. The van der Waals surface area contributed by atoms with Gasteiger partial charge in [-0.2, -0.15) is 11.3 Å². The van der Waals surface area contributed by atoms with Crippen LogP contribution < -0.4 is 4.90 Å². The summed E-state index contributed by atoms with van der Waals surface area (Å²) in [5, 5.41) is 22.5. The van der Waals surface area contributed by atoms with Crippen molar-refractivity contribution in [1.29, 1.82) is 0 Å². The lowest BCUT2D eigenvalue weighted by Gasteiger charge is -2.21. The minimum Gasteiger partial charge on any atom is -0.395 e. The van der Waals surface area contributed by atoms with E-state index in [0.29, 0.717) is 6.54 Å². The van der Waals surface area contributed by atoms with E-state index >= 15 is 0 Å². The molecule has 0 saturated carbocycles. The lowest BCUT2D eigenvalue weighted by Crippen LogP contribution is -2.27. The molecule has 96 valence electrons. The number of hydrogen-bond donors (Lipinski definition) is 1. The number of aromatic nitrogens is 2.